The van der Waals surface area contributed by atoms with Gasteiger partial charge < -0.3 is 9.47 Å². The summed E-state index contributed by atoms with van der Waals surface area (Å²) in [5.41, 5.74) is 3.10. The molecular weight excluding hydrogens is 276 g/mol. The molecule has 0 aliphatic rings. The minimum absolute atomic E-state index is 0.837. The standard InChI is InChI=1S/C16H16N2O2.C2H6/c1-11-8-13(19-2)5-7-16(11)18-10-12-9-14(20-3)4-6-15(12)17-18;1-2/h4-10H,1-3H3;1-2H3. The van der Waals surface area contributed by atoms with Crippen LogP contribution in [0.2, 0.25) is 0 Å². The molecule has 4 nitrogen and oxygen atoms in total. The van der Waals surface area contributed by atoms with Crippen LogP contribution in [0.3, 0.4) is 0 Å². The van der Waals surface area contributed by atoms with Crippen LogP contribution < -0.4 is 9.47 Å². The van der Waals surface area contributed by atoms with Crippen LogP contribution in [0.15, 0.2) is 42.6 Å². The average Bonchev–Trinajstić information content (AvgIpc) is 2.99. The number of rotatable bonds is 3. The zero-order valence-corrected chi connectivity index (χ0v) is 13.8. The van der Waals surface area contributed by atoms with Gasteiger partial charge in [0, 0.05) is 11.6 Å². The Morgan fingerprint density at radius 1 is 0.909 bits per heavy atom. The minimum Gasteiger partial charge on any atom is -0.497 e. The third-order valence-corrected chi connectivity index (χ3v) is 3.36. The van der Waals surface area contributed by atoms with Gasteiger partial charge in [-0.1, -0.05) is 13.8 Å². The number of hydrogen-bond acceptors (Lipinski definition) is 3. The molecule has 0 fully saturated rings. The molecule has 0 saturated carbocycles. The lowest BCUT2D eigenvalue weighted by Crippen LogP contribution is -1.97. The Labute approximate surface area is 131 Å². The number of hydrogen-bond donors (Lipinski definition) is 0. The lowest BCUT2D eigenvalue weighted by atomic mass is 10.2. The molecule has 4 heteroatoms. The van der Waals surface area contributed by atoms with Crippen molar-refractivity contribution >= 4 is 10.9 Å². The highest BCUT2D eigenvalue weighted by atomic mass is 16.5. The lowest BCUT2D eigenvalue weighted by molar-refractivity contribution is 0.414. The highest BCUT2D eigenvalue weighted by Gasteiger charge is 2.07. The van der Waals surface area contributed by atoms with Crippen molar-refractivity contribution in [3.05, 3.63) is 48.2 Å². The first-order valence-corrected chi connectivity index (χ1v) is 7.39. The molecule has 0 radical (unpaired) electrons. The maximum absolute atomic E-state index is 5.24. The monoisotopic (exact) mass is 298 g/mol. The summed E-state index contributed by atoms with van der Waals surface area (Å²) in [4.78, 5) is 0. The summed E-state index contributed by atoms with van der Waals surface area (Å²) in [7, 11) is 3.34. The predicted octanol–water partition coefficient (Wildman–Crippen LogP) is 4.38. The van der Waals surface area contributed by atoms with Crippen molar-refractivity contribution in [1.29, 1.82) is 0 Å². The summed E-state index contributed by atoms with van der Waals surface area (Å²) in [6.45, 7) is 6.05. The maximum atomic E-state index is 5.24. The molecule has 2 aromatic carbocycles. The van der Waals surface area contributed by atoms with Crippen LogP contribution in [0.4, 0.5) is 0 Å². The molecule has 0 N–H and O–H groups in total. The van der Waals surface area contributed by atoms with Crippen LogP contribution in [-0.4, -0.2) is 24.0 Å². The van der Waals surface area contributed by atoms with E-state index in [1.807, 2.05) is 68.0 Å². The molecule has 116 valence electrons. The van der Waals surface area contributed by atoms with E-state index in [9.17, 15) is 0 Å². The van der Waals surface area contributed by atoms with Crippen molar-refractivity contribution in [2.75, 3.05) is 14.2 Å². The molecule has 0 saturated heterocycles. The number of ether oxygens (including phenoxy) is 2. The zero-order valence-electron chi connectivity index (χ0n) is 13.8. The van der Waals surface area contributed by atoms with Crippen LogP contribution in [0, 0.1) is 6.92 Å². The van der Waals surface area contributed by atoms with Gasteiger partial charge in [0.2, 0.25) is 0 Å². The SMILES string of the molecule is CC.COc1ccc(-n2cc3cc(OC)ccc3n2)c(C)c1. The Hall–Kier alpha value is -2.49. The van der Waals surface area contributed by atoms with Gasteiger partial charge in [0.15, 0.2) is 0 Å². The first-order chi connectivity index (χ1) is 10.7. The highest BCUT2D eigenvalue weighted by Crippen LogP contribution is 2.24. The Morgan fingerprint density at radius 2 is 1.55 bits per heavy atom. The fourth-order valence-electron chi connectivity index (χ4n) is 2.27. The molecule has 0 atom stereocenters. The number of aromatic nitrogens is 2. The average molecular weight is 298 g/mol. The molecule has 1 heterocycles. The summed E-state index contributed by atoms with van der Waals surface area (Å²) in [6, 6.07) is 11.8. The van der Waals surface area contributed by atoms with E-state index in [1.54, 1.807) is 14.2 Å². The van der Waals surface area contributed by atoms with Crippen molar-refractivity contribution in [3.63, 3.8) is 0 Å². The van der Waals surface area contributed by atoms with Gasteiger partial charge in [0.05, 0.1) is 25.4 Å². The van der Waals surface area contributed by atoms with Crippen LogP contribution in [0.1, 0.15) is 19.4 Å². The van der Waals surface area contributed by atoms with Crippen molar-refractivity contribution in [3.8, 4) is 17.2 Å². The molecule has 0 unspecified atom stereocenters. The molecule has 0 spiro atoms. The van der Waals surface area contributed by atoms with Crippen molar-refractivity contribution in [2.45, 2.75) is 20.8 Å². The number of fused-ring (bicyclic) bond motifs is 1. The lowest BCUT2D eigenvalue weighted by Gasteiger charge is -2.07. The highest BCUT2D eigenvalue weighted by molar-refractivity contribution is 5.80. The van der Waals surface area contributed by atoms with Gasteiger partial charge in [-0.3, -0.25) is 0 Å². The Kier molecular flexibility index (Phi) is 5.04. The zero-order chi connectivity index (χ0) is 16.1. The second-order valence-electron chi connectivity index (χ2n) is 4.65. The van der Waals surface area contributed by atoms with Gasteiger partial charge in [-0.25, -0.2) is 4.68 Å². The Bertz CT molecular complexity index is 763. The van der Waals surface area contributed by atoms with Gasteiger partial charge in [-0.15, -0.1) is 0 Å². The number of aryl methyl sites for hydroxylation is 1. The Balaban J connectivity index is 0.000000847. The summed E-state index contributed by atoms with van der Waals surface area (Å²) in [6.07, 6.45) is 2.01. The van der Waals surface area contributed by atoms with Crippen LogP contribution in [0.25, 0.3) is 16.6 Å². The summed E-state index contributed by atoms with van der Waals surface area (Å²) >= 11 is 0. The molecule has 0 aliphatic carbocycles. The number of methoxy groups -OCH3 is 2. The largest absolute Gasteiger partial charge is 0.497 e. The first kappa shape index (κ1) is 15.9. The fourth-order valence-corrected chi connectivity index (χ4v) is 2.27. The molecule has 0 aliphatic heterocycles. The van der Waals surface area contributed by atoms with Crippen LogP contribution in [-0.2, 0) is 0 Å². The third kappa shape index (κ3) is 3.06. The van der Waals surface area contributed by atoms with E-state index in [1.165, 1.54) is 0 Å². The van der Waals surface area contributed by atoms with Crippen molar-refractivity contribution in [1.82, 2.24) is 9.78 Å². The molecule has 1 aromatic heterocycles. The van der Waals surface area contributed by atoms with Gasteiger partial charge in [0.1, 0.15) is 11.5 Å². The molecule has 22 heavy (non-hydrogen) atoms. The molecule has 0 bridgehead atoms. The second-order valence-corrected chi connectivity index (χ2v) is 4.65. The van der Waals surface area contributed by atoms with E-state index in [0.717, 1.165) is 33.7 Å². The third-order valence-electron chi connectivity index (χ3n) is 3.36. The molecule has 3 aromatic rings. The smallest absolute Gasteiger partial charge is 0.119 e. The second kappa shape index (κ2) is 6.98. The van der Waals surface area contributed by atoms with Gasteiger partial charge in [-0.05, 0) is 48.9 Å². The van der Waals surface area contributed by atoms with Crippen molar-refractivity contribution < 1.29 is 9.47 Å². The van der Waals surface area contributed by atoms with E-state index in [4.69, 9.17) is 9.47 Å². The topological polar surface area (TPSA) is 36.3 Å². The van der Waals surface area contributed by atoms with Gasteiger partial charge in [0.25, 0.3) is 0 Å². The summed E-state index contributed by atoms with van der Waals surface area (Å²) < 4.78 is 12.4. The fraction of sp³-hybridized carbons (Fsp3) is 0.278. The molecule has 0 amide bonds. The Morgan fingerprint density at radius 3 is 2.18 bits per heavy atom. The quantitative estimate of drug-likeness (QED) is 0.720. The van der Waals surface area contributed by atoms with Crippen LogP contribution in [0.5, 0.6) is 11.5 Å². The van der Waals surface area contributed by atoms with E-state index < -0.39 is 0 Å². The normalized spacial score (nSPS) is 10.0. The van der Waals surface area contributed by atoms with Gasteiger partial charge in [-0.2, -0.15) is 5.10 Å². The molecule has 3 rings (SSSR count). The van der Waals surface area contributed by atoms with E-state index >= 15 is 0 Å². The van der Waals surface area contributed by atoms with E-state index in [-0.39, 0.29) is 0 Å². The maximum Gasteiger partial charge on any atom is 0.119 e. The van der Waals surface area contributed by atoms with Crippen molar-refractivity contribution in [2.24, 2.45) is 0 Å². The number of nitrogens with zero attached hydrogens (tertiary/aromatic N) is 2. The molecular formula is C18H22N2O2. The summed E-state index contributed by atoms with van der Waals surface area (Å²) in [5, 5.41) is 5.65. The van der Waals surface area contributed by atoms with E-state index in [0.29, 0.717) is 0 Å². The minimum atomic E-state index is 0.837. The van der Waals surface area contributed by atoms with E-state index in [2.05, 4.69) is 5.10 Å². The predicted molar refractivity (Wildman–Crippen MR) is 90.3 cm³/mol. The number of benzene rings is 2. The summed E-state index contributed by atoms with van der Waals surface area (Å²) in [5.74, 6) is 1.69. The van der Waals surface area contributed by atoms with Crippen LogP contribution >= 0.6 is 0 Å². The first-order valence-electron chi connectivity index (χ1n) is 7.39. The van der Waals surface area contributed by atoms with Gasteiger partial charge >= 0.3 is 0 Å².